The summed E-state index contributed by atoms with van der Waals surface area (Å²) < 4.78 is 51.7. The molecule has 0 fully saturated rings. The lowest BCUT2D eigenvalue weighted by molar-refractivity contribution is 0.509. The number of hydrogen-bond donors (Lipinski definition) is 1. The first-order valence-corrected chi connectivity index (χ1v) is 7.59. The Bertz CT molecular complexity index is 718. The van der Waals surface area contributed by atoms with Gasteiger partial charge in [-0.15, -0.1) is 0 Å². The molecule has 2 rings (SSSR count). The van der Waals surface area contributed by atoms with Gasteiger partial charge in [0.05, 0.1) is 11.4 Å². The number of nitrogens with one attached hydrogen (secondary N) is 1. The van der Waals surface area contributed by atoms with Crippen LogP contribution in [-0.4, -0.2) is 8.42 Å². The zero-order valence-corrected chi connectivity index (χ0v) is 11.7. The van der Waals surface area contributed by atoms with E-state index >= 15 is 0 Å². The Morgan fingerprint density at radius 2 is 1.65 bits per heavy atom. The second kappa shape index (κ2) is 5.76. The van der Waals surface area contributed by atoms with Crippen LogP contribution in [0.1, 0.15) is 5.56 Å². The van der Waals surface area contributed by atoms with Crippen LogP contribution in [0.3, 0.4) is 0 Å². The van der Waals surface area contributed by atoms with Crippen LogP contribution in [0.15, 0.2) is 42.5 Å². The van der Waals surface area contributed by atoms with Crippen molar-refractivity contribution in [2.24, 2.45) is 0 Å². The summed E-state index contributed by atoms with van der Waals surface area (Å²) in [6.45, 7) is 0. The van der Waals surface area contributed by atoms with Gasteiger partial charge in [0.25, 0.3) is 0 Å². The molecule has 0 spiro atoms. The highest BCUT2D eigenvalue weighted by atomic mass is 35.5. The second-order valence-electron chi connectivity index (χ2n) is 4.12. The summed E-state index contributed by atoms with van der Waals surface area (Å²) in [5.41, 5.74) is 0.502. The molecule has 0 aromatic heterocycles. The van der Waals surface area contributed by atoms with Crippen LogP contribution < -0.4 is 4.72 Å². The molecule has 2 aromatic carbocycles. The lowest BCUT2D eigenvalue weighted by Gasteiger charge is -2.08. The summed E-state index contributed by atoms with van der Waals surface area (Å²) in [4.78, 5) is 0. The third-order valence-corrected chi connectivity index (χ3v) is 3.97. The molecule has 0 unspecified atom stereocenters. The van der Waals surface area contributed by atoms with Gasteiger partial charge < -0.3 is 0 Å². The first-order chi connectivity index (χ1) is 9.35. The minimum absolute atomic E-state index is 0.0298. The van der Waals surface area contributed by atoms with Crippen molar-refractivity contribution in [3.05, 3.63) is 64.7 Å². The predicted octanol–water partition coefficient (Wildman–Crippen LogP) is 3.56. The molecule has 7 heteroatoms. The van der Waals surface area contributed by atoms with Gasteiger partial charge in [-0.1, -0.05) is 23.7 Å². The number of sulfonamides is 1. The van der Waals surface area contributed by atoms with Gasteiger partial charge in [0.1, 0.15) is 0 Å². The number of halogens is 3. The molecule has 0 amide bonds. The van der Waals surface area contributed by atoms with Crippen LogP contribution in [-0.2, 0) is 15.8 Å². The summed E-state index contributed by atoms with van der Waals surface area (Å²) in [6, 6.07) is 9.09. The average Bonchev–Trinajstić information content (AvgIpc) is 2.36. The van der Waals surface area contributed by atoms with Gasteiger partial charge in [0.15, 0.2) is 11.6 Å². The van der Waals surface area contributed by atoms with Crippen molar-refractivity contribution in [2.75, 3.05) is 4.72 Å². The van der Waals surface area contributed by atoms with Crippen molar-refractivity contribution in [1.29, 1.82) is 0 Å². The van der Waals surface area contributed by atoms with E-state index in [1.165, 1.54) is 0 Å². The van der Waals surface area contributed by atoms with Gasteiger partial charge in [0, 0.05) is 11.1 Å². The Balaban J connectivity index is 2.14. The molecule has 0 atom stereocenters. The Labute approximate surface area is 120 Å². The van der Waals surface area contributed by atoms with E-state index in [0.717, 1.165) is 18.2 Å². The standard InChI is InChI=1S/C13H10ClF2NO2S/c14-10-3-1-9(2-4-10)8-20(18,19)17-11-5-6-12(15)13(16)7-11/h1-7,17H,8H2. The number of anilines is 1. The minimum atomic E-state index is -3.71. The third kappa shape index (κ3) is 3.91. The van der Waals surface area contributed by atoms with E-state index in [0.29, 0.717) is 10.6 Å². The molecule has 0 saturated carbocycles. The lowest BCUT2D eigenvalue weighted by atomic mass is 10.2. The molecule has 0 aliphatic carbocycles. The van der Waals surface area contributed by atoms with Crippen LogP contribution in [0.5, 0.6) is 0 Å². The van der Waals surface area contributed by atoms with E-state index in [-0.39, 0.29) is 11.4 Å². The smallest absolute Gasteiger partial charge is 0.236 e. The maximum absolute atomic E-state index is 13.0. The van der Waals surface area contributed by atoms with E-state index in [1.807, 2.05) is 0 Å². The maximum atomic E-state index is 13.0. The largest absolute Gasteiger partial charge is 0.283 e. The zero-order chi connectivity index (χ0) is 14.8. The molecule has 0 aliphatic rings. The monoisotopic (exact) mass is 317 g/mol. The van der Waals surface area contributed by atoms with Crippen molar-refractivity contribution >= 4 is 27.3 Å². The summed E-state index contributed by atoms with van der Waals surface area (Å²) >= 11 is 5.70. The molecule has 1 N–H and O–H groups in total. The summed E-state index contributed by atoms with van der Waals surface area (Å²) in [6.07, 6.45) is 0. The van der Waals surface area contributed by atoms with Crippen molar-refractivity contribution < 1.29 is 17.2 Å². The highest BCUT2D eigenvalue weighted by Crippen LogP contribution is 2.17. The summed E-state index contributed by atoms with van der Waals surface area (Å²) in [5.74, 6) is -2.44. The van der Waals surface area contributed by atoms with E-state index in [2.05, 4.69) is 4.72 Å². The molecular formula is C13H10ClF2NO2S. The van der Waals surface area contributed by atoms with Gasteiger partial charge in [-0.05, 0) is 29.8 Å². The molecule has 0 radical (unpaired) electrons. The first-order valence-electron chi connectivity index (χ1n) is 5.56. The maximum Gasteiger partial charge on any atom is 0.236 e. The fraction of sp³-hybridized carbons (Fsp3) is 0.0769. The average molecular weight is 318 g/mol. The van der Waals surface area contributed by atoms with Gasteiger partial charge in [-0.25, -0.2) is 17.2 Å². The van der Waals surface area contributed by atoms with E-state index in [1.54, 1.807) is 24.3 Å². The van der Waals surface area contributed by atoms with Crippen LogP contribution in [0, 0.1) is 11.6 Å². The highest BCUT2D eigenvalue weighted by Gasteiger charge is 2.13. The van der Waals surface area contributed by atoms with Crippen LogP contribution in [0.2, 0.25) is 5.02 Å². The SMILES string of the molecule is O=S(=O)(Cc1ccc(Cl)cc1)Nc1ccc(F)c(F)c1. The van der Waals surface area contributed by atoms with Crippen LogP contribution in [0.25, 0.3) is 0 Å². The number of benzene rings is 2. The van der Waals surface area contributed by atoms with Crippen LogP contribution in [0.4, 0.5) is 14.5 Å². The molecule has 0 aliphatic heterocycles. The Morgan fingerprint density at radius 1 is 1.00 bits per heavy atom. The molecule has 0 heterocycles. The van der Waals surface area contributed by atoms with Gasteiger partial charge in [-0.3, -0.25) is 4.72 Å². The third-order valence-electron chi connectivity index (χ3n) is 2.46. The summed E-state index contributed by atoms with van der Waals surface area (Å²) in [5, 5.41) is 0.500. The van der Waals surface area contributed by atoms with E-state index in [9.17, 15) is 17.2 Å². The van der Waals surface area contributed by atoms with Crippen molar-refractivity contribution in [2.45, 2.75) is 5.75 Å². The number of rotatable bonds is 4. The molecular weight excluding hydrogens is 308 g/mol. The lowest BCUT2D eigenvalue weighted by Crippen LogP contribution is -2.15. The predicted molar refractivity (Wildman–Crippen MR) is 74.1 cm³/mol. The number of hydrogen-bond acceptors (Lipinski definition) is 2. The van der Waals surface area contributed by atoms with Crippen LogP contribution >= 0.6 is 11.6 Å². The molecule has 106 valence electrons. The molecule has 3 nitrogen and oxygen atoms in total. The minimum Gasteiger partial charge on any atom is -0.283 e. The fourth-order valence-corrected chi connectivity index (χ4v) is 2.89. The molecule has 0 saturated heterocycles. The normalized spacial score (nSPS) is 11.3. The van der Waals surface area contributed by atoms with Gasteiger partial charge >= 0.3 is 0 Å². The Kier molecular flexibility index (Phi) is 4.25. The first kappa shape index (κ1) is 14.7. The molecule has 0 bridgehead atoms. The van der Waals surface area contributed by atoms with Crippen molar-refractivity contribution in [3.63, 3.8) is 0 Å². The second-order valence-corrected chi connectivity index (χ2v) is 6.28. The molecule has 2 aromatic rings. The van der Waals surface area contributed by atoms with Gasteiger partial charge in [-0.2, -0.15) is 0 Å². The zero-order valence-electron chi connectivity index (χ0n) is 10.1. The topological polar surface area (TPSA) is 46.2 Å². The summed E-state index contributed by atoms with van der Waals surface area (Å²) in [7, 11) is -3.71. The Morgan fingerprint density at radius 3 is 2.25 bits per heavy atom. The quantitative estimate of drug-likeness (QED) is 0.937. The van der Waals surface area contributed by atoms with Gasteiger partial charge in [0.2, 0.25) is 10.0 Å². The molecule has 20 heavy (non-hydrogen) atoms. The van der Waals surface area contributed by atoms with E-state index < -0.39 is 21.7 Å². The van der Waals surface area contributed by atoms with Crippen molar-refractivity contribution in [1.82, 2.24) is 0 Å². The fourth-order valence-electron chi connectivity index (χ4n) is 1.58. The Hall–Kier alpha value is -1.66. The van der Waals surface area contributed by atoms with E-state index in [4.69, 9.17) is 11.6 Å². The van der Waals surface area contributed by atoms with Crippen molar-refractivity contribution in [3.8, 4) is 0 Å². The highest BCUT2D eigenvalue weighted by molar-refractivity contribution is 7.91.